The number of unbranched alkanes of at least 4 members (excludes halogenated alkanes) is 59. The zero-order valence-corrected chi connectivity index (χ0v) is 59.2. The zero-order chi connectivity index (χ0) is 63.2. The van der Waals surface area contributed by atoms with Gasteiger partial charge in [0.1, 0.15) is 0 Å². The molecule has 0 saturated heterocycles. The molecule has 0 bridgehead atoms. The van der Waals surface area contributed by atoms with E-state index in [9.17, 15) is 19.2 Å². The Kier molecular flexibility index (Phi) is 84.9. The molecule has 0 atom stereocenters. The van der Waals surface area contributed by atoms with Crippen molar-refractivity contribution < 1.29 is 24.3 Å². The van der Waals surface area contributed by atoms with Gasteiger partial charge >= 0.3 is 5.97 Å². The summed E-state index contributed by atoms with van der Waals surface area (Å²) in [5, 5.41) is 14.7. The first kappa shape index (κ1) is 88.1. The summed E-state index contributed by atoms with van der Waals surface area (Å²) in [5.74, 6) is -0.360. The van der Waals surface area contributed by atoms with Crippen LogP contribution in [0.25, 0.3) is 0 Å². The second-order valence-corrected chi connectivity index (χ2v) is 26.8. The van der Waals surface area contributed by atoms with Crippen LogP contribution in [0.5, 0.6) is 0 Å². The van der Waals surface area contributed by atoms with E-state index in [1.165, 1.54) is 353 Å². The predicted octanol–water partition coefficient (Wildman–Crippen LogP) is 25.4. The summed E-state index contributed by atoms with van der Waals surface area (Å²) in [7, 11) is 0. The van der Waals surface area contributed by atoms with Gasteiger partial charge in [0.15, 0.2) is 0 Å². The molecular weight excluding hydrogens is 1060 g/mol. The molecular formula is C78H157N3O5. The van der Waals surface area contributed by atoms with Gasteiger partial charge in [-0.15, -0.1) is 0 Å². The number of hydrogen-bond donors (Lipinski definition) is 4. The van der Waals surface area contributed by atoms with Gasteiger partial charge in [-0.05, 0) is 38.5 Å². The molecule has 514 valence electrons. The molecule has 8 heteroatoms. The van der Waals surface area contributed by atoms with E-state index in [1.807, 2.05) is 0 Å². The molecule has 0 radical (unpaired) electrons. The summed E-state index contributed by atoms with van der Waals surface area (Å²) < 4.78 is 0. The Hall–Kier alpha value is -2.12. The molecule has 0 aromatic heterocycles. The van der Waals surface area contributed by atoms with Gasteiger partial charge in [0.2, 0.25) is 17.7 Å². The van der Waals surface area contributed by atoms with Gasteiger partial charge in [0, 0.05) is 38.8 Å². The van der Waals surface area contributed by atoms with Gasteiger partial charge in [0.25, 0.3) is 0 Å². The van der Waals surface area contributed by atoms with Gasteiger partial charge < -0.3 is 21.5 Å². The Morgan fingerprint density at radius 1 is 0.221 bits per heavy atom. The number of aliphatic carboxylic acids is 1. The highest BCUT2D eigenvalue weighted by atomic mass is 16.4. The normalized spacial score (nSPS) is 11.1. The molecule has 0 fully saturated rings. The maximum Gasteiger partial charge on any atom is 0.303 e. The number of amides is 3. The third-order valence-corrected chi connectivity index (χ3v) is 17.8. The number of primary amides is 1. The van der Waals surface area contributed by atoms with E-state index in [2.05, 4.69) is 38.3 Å². The molecule has 0 heterocycles. The fourth-order valence-electron chi connectivity index (χ4n) is 11.9. The molecule has 0 aliphatic carbocycles. The van der Waals surface area contributed by atoms with Crippen LogP contribution in [0.2, 0.25) is 0 Å². The fraction of sp³-hybridized carbons (Fsp3) is 0.949. The summed E-state index contributed by atoms with van der Waals surface area (Å²) >= 11 is 0. The number of rotatable bonds is 71. The number of nitrogens with one attached hydrogen (secondary N) is 2. The monoisotopic (exact) mass is 1220 g/mol. The van der Waals surface area contributed by atoms with Crippen LogP contribution in [0, 0.1) is 0 Å². The van der Waals surface area contributed by atoms with Gasteiger partial charge in [0.05, 0.1) is 0 Å². The smallest absolute Gasteiger partial charge is 0.303 e. The third-order valence-electron chi connectivity index (χ3n) is 17.8. The van der Waals surface area contributed by atoms with Crippen LogP contribution < -0.4 is 16.4 Å². The first-order valence-corrected chi connectivity index (χ1v) is 39.3. The highest BCUT2D eigenvalue weighted by Crippen LogP contribution is 2.18. The van der Waals surface area contributed by atoms with Crippen LogP contribution in [0.15, 0.2) is 0 Å². The number of nitrogens with two attached hydrogens (primary N) is 1. The van der Waals surface area contributed by atoms with Crippen molar-refractivity contribution in [3.8, 4) is 0 Å². The van der Waals surface area contributed by atoms with Gasteiger partial charge in [-0.1, -0.05) is 400 Å². The molecule has 86 heavy (non-hydrogen) atoms. The molecule has 0 rings (SSSR count). The molecule has 0 aliphatic heterocycles. The molecule has 0 unspecified atom stereocenters. The summed E-state index contributed by atoms with van der Waals surface area (Å²) in [6, 6.07) is 0. The maximum absolute atomic E-state index is 12.1. The molecule has 0 spiro atoms. The van der Waals surface area contributed by atoms with Crippen molar-refractivity contribution in [1.29, 1.82) is 0 Å². The van der Waals surface area contributed by atoms with Gasteiger partial charge in [-0.2, -0.15) is 0 Å². The van der Waals surface area contributed by atoms with E-state index in [1.54, 1.807) is 0 Å². The van der Waals surface area contributed by atoms with Crippen LogP contribution in [0.1, 0.15) is 464 Å². The third kappa shape index (κ3) is 90.6. The summed E-state index contributed by atoms with van der Waals surface area (Å²) in [6.07, 6.45) is 87.5. The van der Waals surface area contributed by atoms with E-state index < -0.39 is 5.97 Å². The molecule has 8 nitrogen and oxygen atoms in total. The van der Waals surface area contributed by atoms with Crippen molar-refractivity contribution in [2.45, 2.75) is 464 Å². The maximum atomic E-state index is 12.1. The number of carbonyl (C=O) groups is 4. The van der Waals surface area contributed by atoms with Gasteiger partial charge in [-0.3, -0.25) is 19.2 Å². The topological polar surface area (TPSA) is 139 Å². The second-order valence-electron chi connectivity index (χ2n) is 26.8. The van der Waals surface area contributed by atoms with Crippen LogP contribution in [-0.2, 0) is 19.2 Å². The van der Waals surface area contributed by atoms with E-state index in [-0.39, 0.29) is 17.7 Å². The molecule has 0 aromatic rings. The number of carboxylic acids is 1. The molecule has 0 aromatic carbocycles. The van der Waals surface area contributed by atoms with E-state index >= 15 is 0 Å². The van der Waals surface area contributed by atoms with Crippen LogP contribution in [-0.4, -0.2) is 41.9 Å². The highest BCUT2D eigenvalue weighted by molar-refractivity contribution is 5.76. The lowest BCUT2D eigenvalue weighted by Gasteiger charge is -2.07. The molecule has 3 amide bonds. The lowest BCUT2D eigenvalue weighted by Crippen LogP contribution is -2.24. The van der Waals surface area contributed by atoms with E-state index in [4.69, 9.17) is 10.8 Å². The Labute approximate surface area is 539 Å². The van der Waals surface area contributed by atoms with E-state index in [0.29, 0.717) is 25.7 Å². The number of carbonyl (C=O) groups excluding carboxylic acids is 3. The van der Waals surface area contributed by atoms with Crippen molar-refractivity contribution in [3.05, 3.63) is 0 Å². The van der Waals surface area contributed by atoms with Crippen molar-refractivity contribution >= 4 is 23.7 Å². The second kappa shape index (κ2) is 82.9. The summed E-state index contributed by atoms with van der Waals surface area (Å²) in [6.45, 7) is 10.7. The number of hydrogen-bond acceptors (Lipinski definition) is 4. The minimum Gasteiger partial charge on any atom is -0.481 e. The van der Waals surface area contributed by atoms with Crippen molar-refractivity contribution in [2.75, 3.05) is 13.1 Å². The minimum atomic E-state index is -0.653. The van der Waals surface area contributed by atoms with Crippen molar-refractivity contribution in [2.24, 2.45) is 5.73 Å². The first-order valence-electron chi connectivity index (χ1n) is 39.3. The fourth-order valence-corrected chi connectivity index (χ4v) is 11.9. The quantitative estimate of drug-likeness (QED) is 0.0449. The molecule has 0 saturated carbocycles. The van der Waals surface area contributed by atoms with Crippen molar-refractivity contribution in [1.82, 2.24) is 10.6 Å². The van der Waals surface area contributed by atoms with Gasteiger partial charge in [-0.25, -0.2) is 0 Å². The Bertz CT molecular complexity index is 1200. The lowest BCUT2D eigenvalue weighted by molar-refractivity contribution is -0.137. The zero-order valence-electron chi connectivity index (χ0n) is 59.2. The Morgan fingerprint density at radius 3 is 0.547 bits per heavy atom. The Morgan fingerprint density at radius 2 is 0.372 bits per heavy atom. The summed E-state index contributed by atoms with van der Waals surface area (Å²) in [5.41, 5.74) is 5.11. The Balaban J connectivity index is -0.00000141. The van der Waals surface area contributed by atoms with Crippen LogP contribution >= 0.6 is 0 Å². The minimum absolute atomic E-state index is 0.153. The SMILES string of the molecule is CCCCCCCCCCCCCCCCCC(=O)NCCCCCCNC(=O)CCCCCCCCCCCCCCCCC.CCCCCCCCCCCCCCCCCC(=O)O.CCCCCCCCCCCCCCCCCC(N)=O. The summed E-state index contributed by atoms with van der Waals surface area (Å²) in [4.78, 5) is 45.0. The first-order chi connectivity index (χ1) is 42.2. The standard InChI is InChI=1S/C42H84N2O2.C18H37NO.C18H36O2/c1-3-5-7-9-11-13-15-17-19-21-23-25-27-29-33-37-41(45)43-39-35-31-32-36-40-44-42(46)38-34-30-28-26-24-22-20-18-16-14-12-10-8-6-4-2;2*1-2-3-4-5-6-7-8-9-10-11-12-13-14-15-16-17-18(19)20/h3-40H2,1-2H3,(H,43,45)(H,44,46);2-17H2,1H3,(H2,19,20);2-17H2,1H3,(H,19,20). The highest BCUT2D eigenvalue weighted by Gasteiger charge is 2.05. The molecule has 0 aliphatic rings. The lowest BCUT2D eigenvalue weighted by atomic mass is 10.0. The number of carboxylic acid groups (broad SMARTS) is 1. The average Bonchev–Trinajstić information content (AvgIpc) is 3.50. The van der Waals surface area contributed by atoms with Crippen LogP contribution in [0.4, 0.5) is 0 Å². The average molecular weight is 1220 g/mol. The van der Waals surface area contributed by atoms with E-state index in [0.717, 1.165) is 70.9 Å². The predicted molar refractivity (Wildman–Crippen MR) is 380 cm³/mol. The van der Waals surface area contributed by atoms with Crippen LogP contribution in [0.3, 0.4) is 0 Å². The molecule has 5 N–H and O–H groups in total. The largest absolute Gasteiger partial charge is 0.481 e. The van der Waals surface area contributed by atoms with Crippen molar-refractivity contribution in [3.63, 3.8) is 0 Å².